The van der Waals surface area contributed by atoms with Crippen LogP contribution in [-0.4, -0.2) is 14.5 Å². The first-order valence-electron chi connectivity index (χ1n) is 18.4. The molecule has 12 rings (SSSR count). The number of rotatable bonds is 4. The summed E-state index contributed by atoms with van der Waals surface area (Å²) in [5.41, 5.74) is 8.56. The summed E-state index contributed by atoms with van der Waals surface area (Å²) < 4.78 is 13.8. The average molecular weight is 740 g/mol. The fourth-order valence-corrected chi connectivity index (χ4v) is 11.3. The highest BCUT2D eigenvalue weighted by molar-refractivity contribution is 7.27. The molecule has 0 bridgehead atoms. The van der Waals surface area contributed by atoms with Crippen molar-refractivity contribution in [1.29, 1.82) is 0 Å². The molecule has 0 saturated carbocycles. The van der Waals surface area contributed by atoms with Crippen LogP contribution >= 0.6 is 22.7 Å². The molecule has 0 amide bonds. The molecule has 0 fully saturated rings. The number of nitrogens with zero attached hydrogens (tertiary/aromatic N) is 3. The number of hydrogen-bond donors (Lipinski definition) is 0. The van der Waals surface area contributed by atoms with Crippen molar-refractivity contribution in [2.75, 3.05) is 0 Å². The number of benzene rings is 7. The molecule has 55 heavy (non-hydrogen) atoms. The second-order valence-electron chi connectivity index (χ2n) is 14.2. The SMILES string of the molecule is C=C/C=C\c1cc2c(cc1C)sc1c2c2ccccc2c2c3ccccc3n(-c3nc4c(nc3-c3cccc5c3sc3ccccc35)oc3ccccc34)c12. The van der Waals surface area contributed by atoms with Crippen LogP contribution in [0.2, 0.25) is 0 Å². The smallest absolute Gasteiger partial charge is 0.247 e. The molecule has 6 heteroatoms. The Labute approximate surface area is 322 Å². The molecule has 0 N–H and O–H groups in total. The van der Waals surface area contributed by atoms with Crippen LogP contribution < -0.4 is 0 Å². The zero-order chi connectivity index (χ0) is 36.4. The van der Waals surface area contributed by atoms with Crippen molar-refractivity contribution in [1.82, 2.24) is 14.5 Å². The first-order chi connectivity index (χ1) is 27.2. The summed E-state index contributed by atoms with van der Waals surface area (Å²) in [6.07, 6.45) is 6.01. The molecular weight excluding hydrogens is 711 g/mol. The molecule has 4 nitrogen and oxygen atoms in total. The van der Waals surface area contributed by atoms with Crippen molar-refractivity contribution < 1.29 is 4.42 Å². The Kier molecular flexibility index (Phi) is 6.42. The summed E-state index contributed by atoms with van der Waals surface area (Å²) in [5, 5.41) is 10.8. The fourth-order valence-electron chi connectivity index (χ4n) is 8.70. The first kappa shape index (κ1) is 30.8. The third kappa shape index (κ3) is 4.26. The second kappa shape index (κ2) is 11.5. The molecule has 0 spiro atoms. The van der Waals surface area contributed by atoms with Gasteiger partial charge in [-0.2, -0.15) is 0 Å². The van der Waals surface area contributed by atoms with Gasteiger partial charge in [-0.3, -0.25) is 4.57 Å². The third-order valence-corrected chi connectivity index (χ3v) is 13.5. The van der Waals surface area contributed by atoms with Crippen molar-refractivity contribution in [3.05, 3.63) is 157 Å². The number of aromatic nitrogens is 3. The summed E-state index contributed by atoms with van der Waals surface area (Å²) in [7, 11) is 0. The predicted octanol–water partition coefficient (Wildman–Crippen LogP) is 14.5. The van der Waals surface area contributed by atoms with E-state index in [0.29, 0.717) is 5.71 Å². The van der Waals surface area contributed by atoms with Crippen LogP contribution in [0.15, 0.2) is 151 Å². The summed E-state index contributed by atoms with van der Waals surface area (Å²) in [5.74, 6) is 0.787. The molecule has 5 heterocycles. The van der Waals surface area contributed by atoms with Gasteiger partial charge in [0.2, 0.25) is 5.71 Å². The number of furan rings is 1. The van der Waals surface area contributed by atoms with Gasteiger partial charge in [0.25, 0.3) is 0 Å². The number of hydrogen-bond acceptors (Lipinski definition) is 5. The molecule has 0 aliphatic carbocycles. The molecule has 0 saturated heterocycles. The Hall–Kier alpha value is -6.60. The van der Waals surface area contributed by atoms with Gasteiger partial charge < -0.3 is 4.42 Å². The van der Waals surface area contributed by atoms with Gasteiger partial charge in [-0.1, -0.05) is 116 Å². The number of allylic oxidation sites excluding steroid dienone is 2. The van der Waals surface area contributed by atoms with Crippen molar-refractivity contribution in [2.24, 2.45) is 0 Å². The third-order valence-electron chi connectivity index (χ3n) is 11.1. The molecule has 12 aromatic rings. The van der Waals surface area contributed by atoms with Crippen LogP contribution in [0.1, 0.15) is 11.1 Å². The average Bonchev–Trinajstić information content (AvgIpc) is 3.98. The van der Waals surface area contributed by atoms with Crippen molar-refractivity contribution >= 4 is 124 Å². The van der Waals surface area contributed by atoms with E-state index in [1.165, 1.54) is 73.0 Å². The van der Waals surface area contributed by atoms with Crippen molar-refractivity contribution in [2.45, 2.75) is 6.92 Å². The first-order valence-corrected chi connectivity index (χ1v) is 20.0. The van der Waals surface area contributed by atoms with E-state index >= 15 is 0 Å². The van der Waals surface area contributed by atoms with Crippen LogP contribution in [0.5, 0.6) is 0 Å². The van der Waals surface area contributed by atoms with E-state index in [1.54, 1.807) is 11.3 Å². The molecule has 0 radical (unpaired) electrons. The van der Waals surface area contributed by atoms with Gasteiger partial charge >= 0.3 is 0 Å². The lowest BCUT2D eigenvalue weighted by Crippen LogP contribution is -2.03. The van der Waals surface area contributed by atoms with Crippen LogP contribution in [0.4, 0.5) is 0 Å². The molecule has 7 aromatic carbocycles. The minimum absolute atomic E-state index is 0.534. The summed E-state index contributed by atoms with van der Waals surface area (Å²) in [6, 6.07) is 45.7. The highest BCUT2D eigenvalue weighted by Crippen LogP contribution is 2.50. The Morgan fingerprint density at radius 2 is 1.35 bits per heavy atom. The quantitative estimate of drug-likeness (QED) is 0.169. The number of thiophene rings is 2. The molecule has 0 aliphatic heterocycles. The van der Waals surface area contributed by atoms with Crippen LogP contribution in [0.3, 0.4) is 0 Å². The highest BCUT2D eigenvalue weighted by atomic mass is 32.1. The van der Waals surface area contributed by atoms with Gasteiger partial charge in [-0.15, -0.1) is 22.7 Å². The van der Waals surface area contributed by atoms with E-state index in [2.05, 4.69) is 133 Å². The number of aryl methyl sites for hydroxylation is 1. The van der Waals surface area contributed by atoms with Crippen molar-refractivity contribution in [3.63, 3.8) is 0 Å². The van der Waals surface area contributed by atoms with Gasteiger partial charge in [-0.05, 0) is 65.2 Å². The molecule has 0 aliphatic rings. The second-order valence-corrected chi connectivity index (χ2v) is 16.3. The molecule has 258 valence electrons. The zero-order valence-electron chi connectivity index (χ0n) is 29.6. The summed E-state index contributed by atoms with van der Waals surface area (Å²) >= 11 is 3.67. The summed E-state index contributed by atoms with van der Waals surface area (Å²) in [4.78, 5) is 11.1. The lowest BCUT2D eigenvalue weighted by Gasteiger charge is -2.14. The number of fused-ring (bicyclic) bond motifs is 16. The maximum atomic E-state index is 6.46. The standard InChI is InChI=1S/C49H29N3OS2/c1-3-4-14-28-26-36-40(25-27(28)2)55-47-42(36)31-17-6-5-16-30(31)41-33-18-7-10-22-37(33)52(45(41)47)48-43(51-49-44(50-48)34-19-8-11-23-38(34)53-49)35-21-13-20-32-29-15-9-12-24-39(29)54-46(32)35/h3-26H,1H2,2H3/b14-4-. The largest absolute Gasteiger partial charge is 0.436 e. The minimum Gasteiger partial charge on any atom is -0.436 e. The van der Waals surface area contributed by atoms with E-state index in [-0.39, 0.29) is 0 Å². The Morgan fingerprint density at radius 1 is 0.636 bits per heavy atom. The van der Waals surface area contributed by atoms with Crippen LogP contribution in [0.25, 0.3) is 118 Å². The molecule has 5 aromatic heterocycles. The van der Waals surface area contributed by atoms with Crippen LogP contribution in [0, 0.1) is 6.92 Å². The highest BCUT2D eigenvalue weighted by Gasteiger charge is 2.27. The van der Waals surface area contributed by atoms with Gasteiger partial charge in [0.1, 0.15) is 16.8 Å². The lowest BCUT2D eigenvalue weighted by molar-refractivity contribution is 0.653. The maximum Gasteiger partial charge on any atom is 0.247 e. The Morgan fingerprint density at radius 3 is 2.20 bits per heavy atom. The van der Waals surface area contributed by atoms with E-state index < -0.39 is 0 Å². The molecular formula is C49H29N3OS2. The van der Waals surface area contributed by atoms with Gasteiger partial charge in [0, 0.05) is 57.4 Å². The monoisotopic (exact) mass is 739 g/mol. The van der Waals surface area contributed by atoms with Gasteiger partial charge in [0.15, 0.2) is 5.82 Å². The normalized spacial score (nSPS) is 12.5. The Balaban J connectivity index is 1.31. The number of para-hydroxylation sites is 2. The summed E-state index contributed by atoms with van der Waals surface area (Å²) in [6.45, 7) is 6.12. The maximum absolute atomic E-state index is 6.46. The zero-order valence-corrected chi connectivity index (χ0v) is 31.3. The van der Waals surface area contributed by atoms with E-state index in [1.807, 2.05) is 41.7 Å². The fraction of sp³-hybridized carbons (Fsp3) is 0.0204. The van der Waals surface area contributed by atoms with Gasteiger partial charge in [-0.25, -0.2) is 9.97 Å². The molecule has 0 unspecified atom stereocenters. The molecule has 0 atom stereocenters. The van der Waals surface area contributed by atoms with E-state index in [4.69, 9.17) is 14.4 Å². The van der Waals surface area contributed by atoms with Gasteiger partial charge in [0.05, 0.1) is 15.7 Å². The lowest BCUT2D eigenvalue weighted by atomic mass is 9.97. The van der Waals surface area contributed by atoms with E-state index in [0.717, 1.165) is 44.6 Å². The minimum atomic E-state index is 0.534. The van der Waals surface area contributed by atoms with Crippen LogP contribution in [-0.2, 0) is 0 Å². The predicted molar refractivity (Wildman–Crippen MR) is 236 cm³/mol. The Bertz CT molecular complexity index is 3650. The van der Waals surface area contributed by atoms with Crippen molar-refractivity contribution in [3.8, 4) is 17.1 Å². The topological polar surface area (TPSA) is 43.9 Å². The van der Waals surface area contributed by atoms with E-state index in [9.17, 15) is 0 Å².